The fourth-order valence-corrected chi connectivity index (χ4v) is 4.90. The van der Waals surface area contributed by atoms with Crippen molar-refractivity contribution in [3.8, 4) is 17.2 Å². The monoisotopic (exact) mass is 538 g/mol. The molecule has 0 saturated carbocycles. The number of ketones is 1. The fraction of sp³-hybridized carbons (Fsp3) is 0.467. The topological polar surface area (TPSA) is 109 Å². The van der Waals surface area contributed by atoms with Crippen LogP contribution in [0.4, 0.5) is 0 Å². The Morgan fingerprint density at radius 3 is 2.49 bits per heavy atom. The van der Waals surface area contributed by atoms with Gasteiger partial charge in [0.15, 0.2) is 11.5 Å². The number of benzene rings is 2. The van der Waals surface area contributed by atoms with Gasteiger partial charge in [-0.3, -0.25) is 14.5 Å². The van der Waals surface area contributed by atoms with Crippen LogP contribution in [0.5, 0.6) is 17.2 Å². The quantitative estimate of drug-likeness (QED) is 0.267. The molecule has 0 aliphatic carbocycles. The number of aromatic hydroxyl groups is 1. The molecule has 0 spiro atoms. The normalized spacial score (nSPS) is 19.6. The Bertz CT molecular complexity index is 1230. The zero-order valence-electron chi connectivity index (χ0n) is 23.1. The van der Waals surface area contributed by atoms with Crippen LogP contribution < -0.4 is 9.47 Å². The molecule has 4 rings (SSSR count). The van der Waals surface area contributed by atoms with E-state index in [0.29, 0.717) is 61.3 Å². The summed E-state index contributed by atoms with van der Waals surface area (Å²) in [6.07, 6.45) is 0. The summed E-state index contributed by atoms with van der Waals surface area (Å²) in [7, 11) is 0. The van der Waals surface area contributed by atoms with Gasteiger partial charge in [0.2, 0.25) is 0 Å². The van der Waals surface area contributed by atoms with Crippen LogP contribution in [0.2, 0.25) is 0 Å². The van der Waals surface area contributed by atoms with Gasteiger partial charge in [-0.05, 0) is 61.2 Å². The molecule has 2 fully saturated rings. The maximum atomic E-state index is 13.5. The summed E-state index contributed by atoms with van der Waals surface area (Å²) in [6, 6.07) is 9.19. The molecule has 0 aromatic heterocycles. The van der Waals surface area contributed by atoms with E-state index in [4.69, 9.17) is 14.2 Å². The Hall–Kier alpha value is -3.56. The molecule has 2 aliphatic heterocycles. The Morgan fingerprint density at radius 2 is 1.82 bits per heavy atom. The number of Topliss-reactive ketones (excluding diaryl/α,β-unsaturated/α-hetero) is 1. The summed E-state index contributed by atoms with van der Waals surface area (Å²) in [5.41, 5.74) is 1.74. The van der Waals surface area contributed by atoms with E-state index in [-0.39, 0.29) is 29.4 Å². The van der Waals surface area contributed by atoms with Gasteiger partial charge in [0.25, 0.3) is 11.7 Å². The first-order valence-corrected chi connectivity index (χ1v) is 13.5. The summed E-state index contributed by atoms with van der Waals surface area (Å²) in [4.78, 5) is 30.5. The van der Waals surface area contributed by atoms with Crippen LogP contribution in [-0.2, 0) is 14.3 Å². The molecular weight excluding hydrogens is 500 g/mol. The van der Waals surface area contributed by atoms with Crippen LogP contribution >= 0.6 is 0 Å². The first-order chi connectivity index (χ1) is 18.7. The van der Waals surface area contributed by atoms with Crippen LogP contribution in [0.15, 0.2) is 42.0 Å². The van der Waals surface area contributed by atoms with E-state index in [1.54, 1.807) is 31.2 Å². The second-order valence-electron chi connectivity index (χ2n) is 10.3. The van der Waals surface area contributed by atoms with Gasteiger partial charge in [0.1, 0.15) is 11.5 Å². The average molecular weight is 539 g/mol. The second-order valence-corrected chi connectivity index (χ2v) is 10.3. The van der Waals surface area contributed by atoms with E-state index in [2.05, 4.69) is 18.7 Å². The third-order valence-corrected chi connectivity index (χ3v) is 6.94. The number of aryl methyl sites for hydroxylation is 1. The maximum absolute atomic E-state index is 13.5. The molecule has 2 aliphatic rings. The van der Waals surface area contributed by atoms with Crippen molar-refractivity contribution in [2.75, 3.05) is 52.6 Å². The molecule has 1 amide bonds. The number of carbonyl (C=O) groups is 2. The largest absolute Gasteiger partial charge is 0.507 e. The van der Waals surface area contributed by atoms with Gasteiger partial charge in [-0.15, -0.1) is 0 Å². The van der Waals surface area contributed by atoms with Crippen LogP contribution in [0.1, 0.15) is 43.5 Å². The van der Waals surface area contributed by atoms with Crippen molar-refractivity contribution in [3.63, 3.8) is 0 Å². The van der Waals surface area contributed by atoms with Gasteiger partial charge < -0.3 is 29.3 Å². The summed E-state index contributed by atoms with van der Waals surface area (Å²) in [6.45, 7) is 12.2. The minimum absolute atomic E-state index is 0.00839. The number of phenols is 1. The number of hydrogen-bond donors (Lipinski definition) is 2. The molecule has 0 radical (unpaired) electrons. The number of hydrogen-bond acceptors (Lipinski definition) is 8. The van der Waals surface area contributed by atoms with E-state index in [9.17, 15) is 19.8 Å². The SMILES string of the molecule is CCOc1cc([C@H]2/C(=C(\O)c3ccc(OCC(C)C)cc3C)C(=O)C(=O)N2CCN2CCOCC2)ccc1O. The molecule has 2 heterocycles. The number of carbonyl (C=O) groups excluding carboxylic acids is 2. The maximum Gasteiger partial charge on any atom is 0.295 e. The summed E-state index contributed by atoms with van der Waals surface area (Å²) >= 11 is 0. The Morgan fingerprint density at radius 1 is 1.08 bits per heavy atom. The summed E-state index contributed by atoms with van der Waals surface area (Å²) in [5.74, 6) is -0.430. The van der Waals surface area contributed by atoms with Crippen LogP contribution in [-0.4, -0.2) is 84.3 Å². The number of aliphatic hydroxyl groups excluding tert-OH is 1. The van der Waals surface area contributed by atoms with E-state index in [1.807, 2.05) is 13.0 Å². The first-order valence-electron chi connectivity index (χ1n) is 13.5. The molecule has 39 heavy (non-hydrogen) atoms. The lowest BCUT2D eigenvalue weighted by Crippen LogP contribution is -2.42. The molecule has 1 atom stereocenters. The number of aliphatic hydroxyl groups is 1. The highest BCUT2D eigenvalue weighted by Crippen LogP contribution is 2.42. The van der Waals surface area contributed by atoms with Crippen molar-refractivity contribution < 1.29 is 34.0 Å². The van der Waals surface area contributed by atoms with Gasteiger partial charge >= 0.3 is 0 Å². The smallest absolute Gasteiger partial charge is 0.295 e. The van der Waals surface area contributed by atoms with Gasteiger partial charge in [-0.2, -0.15) is 0 Å². The van der Waals surface area contributed by atoms with E-state index < -0.39 is 17.7 Å². The Kier molecular flexibility index (Phi) is 9.14. The highest BCUT2D eigenvalue weighted by Gasteiger charge is 2.46. The van der Waals surface area contributed by atoms with Gasteiger partial charge in [-0.25, -0.2) is 0 Å². The summed E-state index contributed by atoms with van der Waals surface area (Å²) < 4.78 is 16.8. The number of nitrogens with zero attached hydrogens (tertiary/aromatic N) is 2. The van der Waals surface area contributed by atoms with E-state index >= 15 is 0 Å². The van der Waals surface area contributed by atoms with Gasteiger partial charge in [-0.1, -0.05) is 19.9 Å². The zero-order valence-corrected chi connectivity index (χ0v) is 23.1. The molecule has 9 heteroatoms. The molecule has 0 unspecified atom stereocenters. The third kappa shape index (κ3) is 6.37. The minimum atomic E-state index is -0.845. The highest BCUT2D eigenvalue weighted by molar-refractivity contribution is 6.46. The lowest BCUT2D eigenvalue weighted by Gasteiger charge is -2.31. The number of likely N-dealkylation sites (tertiary alicyclic amines) is 1. The second kappa shape index (κ2) is 12.5. The predicted octanol–water partition coefficient (Wildman–Crippen LogP) is 3.89. The van der Waals surface area contributed by atoms with Gasteiger partial charge in [0.05, 0.1) is 38.0 Å². The van der Waals surface area contributed by atoms with E-state index in [1.165, 1.54) is 11.0 Å². The van der Waals surface area contributed by atoms with Gasteiger partial charge in [0, 0.05) is 31.7 Å². The van der Waals surface area contributed by atoms with Crippen molar-refractivity contribution in [3.05, 3.63) is 58.7 Å². The molecule has 9 nitrogen and oxygen atoms in total. The average Bonchev–Trinajstić information content (AvgIpc) is 3.17. The molecule has 2 aromatic rings. The predicted molar refractivity (Wildman–Crippen MR) is 147 cm³/mol. The lowest BCUT2D eigenvalue weighted by atomic mass is 9.93. The number of rotatable bonds is 10. The highest BCUT2D eigenvalue weighted by atomic mass is 16.5. The standard InChI is InChI=1S/C30H38N2O7/c1-5-38-25-17-21(6-9-24(25)33)27-26(28(34)23-8-7-22(16-20(23)4)39-18-19(2)3)29(35)30(36)32(27)11-10-31-12-14-37-15-13-31/h6-9,16-17,19,27,33-34H,5,10-15,18H2,1-4H3/b28-26+/t27-/m0/s1. The lowest BCUT2D eigenvalue weighted by molar-refractivity contribution is -0.140. The van der Waals surface area contributed by atoms with Crippen LogP contribution in [0, 0.1) is 12.8 Å². The number of phenolic OH excluding ortho intramolecular Hbond substituents is 1. The molecular formula is C30H38N2O7. The Balaban J connectivity index is 1.75. The third-order valence-electron chi connectivity index (χ3n) is 6.94. The molecule has 2 N–H and O–H groups in total. The molecule has 0 bridgehead atoms. The van der Waals surface area contributed by atoms with Crippen molar-refractivity contribution in [2.45, 2.75) is 33.7 Å². The van der Waals surface area contributed by atoms with Crippen molar-refractivity contribution in [1.82, 2.24) is 9.80 Å². The number of ether oxygens (including phenoxy) is 3. The minimum Gasteiger partial charge on any atom is -0.507 e. The van der Waals surface area contributed by atoms with Crippen molar-refractivity contribution >= 4 is 17.4 Å². The number of morpholine rings is 1. The molecule has 210 valence electrons. The zero-order chi connectivity index (χ0) is 28.1. The molecule has 2 saturated heterocycles. The van der Waals surface area contributed by atoms with E-state index in [0.717, 1.165) is 13.1 Å². The summed E-state index contributed by atoms with van der Waals surface area (Å²) in [5, 5.41) is 21.8. The van der Waals surface area contributed by atoms with Crippen LogP contribution in [0.3, 0.4) is 0 Å². The van der Waals surface area contributed by atoms with Crippen LogP contribution in [0.25, 0.3) is 5.76 Å². The Labute approximate surface area is 229 Å². The fourth-order valence-electron chi connectivity index (χ4n) is 4.90. The number of amides is 1. The van der Waals surface area contributed by atoms with Crippen molar-refractivity contribution in [1.29, 1.82) is 0 Å². The first kappa shape index (κ1) is 28.4. The molecule has 2 aromatic carbocycles. The van der Waals surface area contributed by atoms with Crippen molar-refractivity contribution in [2.24, 2.45) is 5.92 Å².